The van der Waals surface area contributed by atoms with Crippen molar-refractivity contribution < 1.29 is 26.3 Å². The highest BCUT2D eigenvalue weighted by molar-refractivity contribution is 5.79. The first-order valence-corrected chi connectivity index (χ1v) is 8.25. The van der Waals surface area contributed by atoms with Gasteiger partial charge in [0.2, 0.25) is 0 Å². The molecule has 0 saturated heterocycles. The van der Waals surface area contributed by atoms with Crippen LogP contribution in [0.5, 0.6) is 0 Å². The Labute approximate surface area is 147 Å². The molecule has 1 aliphatic rings. The highest BCUT2D eigenvalue weighted by atomic mass is 19.4. The molecule has 3 nitrogen and oxygen atoms in total. The van der Waals surface area contributed by atoms with E-state index in [4.69, 9.17) is 0 Å². The number of aliphatic imine (C=N–C) groups is 1. The molecule has 1 aromatic carbocycles. The number of alkyl halides is 6. The molecule has 0 spiro atoms. The summed E-state index contributed by atoms with van der Waals surface area (Å²) >= 11 is 0. The predicted octanol–water partition coefficient (Wildman–Crippen LogP) is 4.24. The summed E-state index contributed by atoms with van der Waals surface area (Å²) in [5.74, 6) is 0.201. The van der Waals surface area contributed by atoms with Crippen LogP contribution in [-0.4, -0.2) is 32.3 Å². The second kappa shape index (κ2) is 7.75. The molecule has 0 bridgehead atoms. The Morgan fingerprint density at radius 1 is 1.12 bits per heavy atom. The van der Waals surface area contributed by atoms with Crippen molar-refractivity contribution in [1.82, 2.24) is 10.6 Å². The van der Waals surface area contributed by atoms with Crippen LogP contribution >= 0.6 is 0 Å². The average Bonchev–Trinajstić information content (AvgIpc) is 2.50. The minimum atomic E-state index is -4.41. The zero-order valence-corrected chi connectivity index (χ0v) is 14.3. The fourth-order valence-electron chi connectivity index (χ4n) is 2.99. The summed E-state index contributed by atoms with van der Waals surface area (Å²) in [5, 5.41) is 5.52. The Kier molecular flexibility index (Phi) is 6.08. The summed E-state index contributed by atoms with van der Waals surface area (Å²) in [4.78, 5) is 3.87. The van der Waals surface area contributed by atoms with Crippen LogP contribution in [0.2, 0.25) is 0 Å². The monoisotopic (exact) mass is 381 g/mol. The molecule has 2 N–H and O–H groups in total. The standard InChI is InChI=1S/C17H21F6N3/c1-24-14(25-9-8-16(18,19)20)26-11-15(6-3-7-15)12-4-2-5-13(10-12)17(21,22)23/h2,4-5,10H,3,6-9,11H2,1H3,(H2,24,25,26). The normalized spacial score (nSPS) is 17.6. The molecule has 1 fully saturated rings. The lowest BCUT2D eigenvalue weighted by Crippen LogP contribution is -2.49. The third kappa shape index (κ3) is 5.28. The molecule has 1 saturated carbocycles. The Morgan fingerprint density at radius 2 is 1.81 bits per heavy atom. The highest BCUT2D eigenvalue weighted by Gasteiger charge is 2.40. The van der Waals surface area contributed by atoms with Gasteiger partial charge in [0.25, 0.3) is 0 Å². The fraction of sp³-hybridized carbons (Fsp3) is 0.588. The molecule has 2 rings (SSSR count). The average molecular weight is 381 g/mol. The molecular weight excluding hydrogens is 360 g/mol. The maximum atomic E-state index is 12.9. The van der Waals surface area contributed by atoms with Gasteiger partial charge in [0.15, 0.2) is 5.96 Å². The molecule has 26 heavy (non-hydrogen) atoms. The van der Waals surface area contributed by atoms with Crippen LogP contribution in [0.4, 0.5) is 26.3 Å². The van der Waals surface area contributed by atoms with Crippen molar-refractivity contribution in [3.63, 3.8) is 0 Å². The van der Waals surface area contributed by atoms with Crippen molar-refractivity contribution >= 4 is 5.96 Å². The SMILES string of the molecule is CN=C(NCCC(F)(F)F)NCC1(c2cccc(C(F)(F)F)c2)CCC1. The van der Waals surface area contributed by atoms with E-state index in [9.17, 15) is 26.3 Å². The number of benzene rings is 1. The van der Waals surface area contributed by atoms with Crippen molar-refractivity contribution in [2.45, 2.75) is 43.5 Å². The number of hydrogen-bond donors (Lipinski definition) is 2. The topological polar surface area (TPSA) is 36.4 Å². The third-order valence-electron chi connectivity index (χ3n) is 4.63. The van der Waals surface area contributed by atoms with Gasteiger partial charge >= 0.3 is 12.4 Å². The van der Waals surface area contributed by atoms with Crippen molar-refractivity contribution in [2.75, 3.05) is 20.1 Å². The van der Waals surface area contributed by atoms with Gasteiger partial charge in [-0.1, -0.05) is 24.6 Å². The van der Waals surface area contributed by atoms with E-state index in [2.05, 4.69) is 15.6 Å². The lowest BCUT2D eigenvalue weighted by Gasteiger charge is -2.43. The van der Waals surface area contributed by atoms with Crippen LogP contribution in [0.15, 0.2) is 29.3 Å². The molecular formula is C17H21F6N3. The van der Waals surface area contributed by atoms with E-state index in [0.29, 0.717) is 24.9 Å². The van der Waals surface area contributed by atoms with Gasteiger partial charge in [-0.25, -0.2) is 0 Å². The van der Waals surface area contributed by atoms with Gasteiger partial charge in [0.05, 0.1) is 12.0 Å². The van der Waals surface area contributed by atoms with Crippen molar-refractivity contribution in [3.8, 4) is 0 Å². The molecule has 0 atom stereocenters. The molecule has 0 aliphatic heterocycles. The summed E-state index contributed by atoms with van der Waals surface area (Å²) < 4.78 is 75.5. The van der Waals surface area contributed by atoms with Gasteiger partial charge in [0.1, 0.15) is 0 Å². The van der Waals surface area contributed by atoms with E-state index < -0.39 is 29.8 Å². The van der Waals surface area contributed by atoms with Crippen molar-refractivity contribution in [1.29, 1.82) is 0 Å². The number of hydrogen-bond acceptors (Lipinski definition) is 1. The first-order chi connectivity index (χ1) is 12.1. The van der Waals surface area contributed by atoms with E-state index in [0.717, 1.165) is 18.6 Å². The molecule has 0 heterocycles. The van der Waals surface area contributed by atoms with Gasteiger partial charge in [-0.3, -0.25) is 4.99 Å². The highest BCUT2D eigenvalue weighted by Crippen LogP contribution is 2.44. The Hall–Kier alpha value is -1.93. The lowest BCUT2D eigenvalue weighted by atomic mass is 9.64. The van der Waals surface area contributed by atoms with Crippen LogP contribution in [0, 0.1) is 0 Å². The Morgan fingerprint density at radius 3 is 2.31 bits per heavy atom. The minimum Gasteiger partial charge on any atom is -0.356 e. The largest absolute Gasteiger partial charge is 0.416 e. The maximum Gasteiger partial charge on any atom is 0.416 e. The summed E-state index contributed by atoms with van der Waals surface area (Å²) in [6, 6.07) is 5.23. The van der Waals surface area contributed by atoms with Gasteiger partial charge < -0.3 is 10.6 Å². The molecule has 0 radical (unpaired) electrons. The third-order valence-corrected chi connectivity index (χ3v) is 4.63. The lowest BCUT2D eigenvalue weighted by molar-refractivity contribution is -0.137. The molecule has 1 aromatic rings. The van der Waals surface area contributed by atoms with Gasteiger partial charge in [0, 0.05) is 25.6 Å². The molecule has 146 valence electrons. The van der Waals surface area contributed by atoms with E-state index in [1.54, 1.807) is 6.07 Å². The zero-order chi connectivity index (χ0) is 19.4. The first kappa shape index (κ1) is 20.4. The molecule has 0 amide bonds. The second-order valence-corrected chi connectivity index (χ2v) is 6.43. The van der Waals surface area contributed by atoms with Gasteiger partial charge in [-0.05, 0) is 24.5 Å². The van der Waals surface area contributed by atoms with Crippen LogP contribution < -0.4 is 10.6 Å². The van der Waals surface area contributed by atoms with E-state index >= 15 is 0 Å². The summed E-state index contributed by atoms with van der Waals surface area (Å²) in [6.07, 6.45) is -7.37. The smallest absolute Gasteiger partial charge is 0.356 e. The molecule has 0 aromatic heterocycles. The van der Waals surface area contributed by atoms with Crippen LogP contribution in [-0.2, 0) is 11.6 Å². The molecule has 9 heteroatoms. The van der Waals surface area contributed by atoms with Crippen LogP contribution in [0.25, 0.3) is 0 Å². The summed E-state index contributed by atoms with van der Waals surface area (Å²) in [5.41, 5.74) is -0.589. The zero-order valence-electron chi connectivity index (χ0n) is 14.3. The van der Waals surface area contributed by atoms with Gasteiger partial charge in [-0.2, -0.15) is 26.3 Å². The predicted molar refractivity (Wildman–Crippen MR) is 87.0 cm³/mol. The van der Waals surface area contributed by atoms with E-state index in [1.807, 2.05) is 0 Å². The number of halogens is 6. The Balaban J connectivity index is 2.02. The van der Waals surface area contributed by atoms with Gasteiger partial charge in [-0.15, -0.1) is 0 Å². The number of nitrogens with zero attached hydrogens (tertiary/aromatic N) is 1. The van der Waals surface area contributed by atoms with Crippen molar-refractivity contribution in [2.24, 2.45) is 4.99 Å². The van der Waals surface area contributed by atoms with E-state index in [-0.39, 0.29) is 12.5 Å². The number of guanidine groups is 1. The molecule has 0 unspecified atom stereocenters. The summed E-state index contributed by atoms with van der Waals surface area (Å²) in [7, 11) is 1.43. The quantitative estimate of drug-likeness (QED) is 0.455. The number of rotatable bonds is 5. The minimum absolute atomic E-state index is 0.201. The number of nitrogens with one attached hydrogen (secondary N) is 2. The van der Waals surface area contributed by atoms with Crippen LogP contribution in [0.1, 0.15) is 36.8 Å². The second-order valence-electron chi connectivity index (χ2n) is 6.43. The Bertz CT molecular complexity index is 632. The summed E-state index contributed by atoms with van der Waals surface area (Å²) in [6.45, 7) is -0.0142. The first-order valence-electron chi connectivity index (χ1n) is 8.25. The van der Waals surface area contributed by atoms with E-state index in [1.165, 1.54) is 13.1 Å². The fourth-order valence-corrected chi connectivity index (χ4v) is 2.99. The van der Waals surface area contributed by atoms with Crippen molar-refractivity contribution in [3.05, 3.63) is 35.4 Å². The maximum absolute atomic E-state index is 12.9. The molecule has 1 aliphatic carbocycles. The van der Waals surface area contributed by atoms with Crippen LogP contribution in [0.3, 0.4) is 0 Å².